The summed E-state index contributed by atoms with van der Waals surface area (Å²) in [4.78, 5) is 6.13. The minimum Gasteiger partial charge on any atom is -0.124 e. The molecule has 0 amide bonds. The Balaban J connectivity index is 2.04. The van der Waals surface area contributed by atoms with E-state index in [0.717, 1.165) is 10.5 Å². The van der Waals surface area contributed by atoms with Crippen molar-refractivity contribution in [1.82, 2.24) is 0 Å². The van der Waals surface area contributed by atoms with Crippen molar-refractivity contribution in [3.63, 3.8) is 0 Å². The largest absolute Gasteiger partial charge is 0.124 e. The van der Waals surface area contributed by atoms with Crippen molar-refractivity contribution in [2.24, 2.45) is 0 Å². The van der Waals surface area contributed by atoms with Crippen molar-refractivity contribution < 1.29 is 0 Å². The molecule has 0 radical (unpaired) electrons. The van der Waals surface area contributed by atoms with Gasteiger partial charge in [0, 0.05) is 41.6 Å². The molecule has 0 fully saturated rings. The Hall–Kier alpha value is 0.620. The summed E-state index contributed by atoms with van der Waals surface area (Å²) in [6.07, 6.45) is 0. The molecule has 0 aliphatic carbocycles. The van der Waals surface area contributed by atoms with Crippen LogP contribution in [0.5, 0.6) is 0 Å². The van der Waals surface area contributed by atoms with Crippen molar-refractivity contribution in [3.8, 4) is 0 Å². The summed E-state index contributed by atoms with van der Waals surface area (Å²) in [6, 6.07) is 4.65. The van der Waals surface area contributed by atoms with Gasteiger partial charge in [-0.2, -0.15) is 0 Å². The van der Waals surface area contributed by atoms with Crippen molar-refractivity contribution in [2.75, 3.05) is 11.5 Å². The van der Waals surface area contributed by atoms with Gasteiger partial charge in [-0.25, -0.2) is 0 Å². The summed E-state index contributed by atoms with van der Waals surface area (Å²) >= 11 is 8.20. The van der Waals surface area contributed by atoms with Crippen molar-refractivity contribution >= 4 is 47.0 Å². The minimum absolute atomic E-state index is 0.758. The molecular weight excluding hydrogens is 272 g/mol. The molecule has 1 aromatic rings. The van der Waals surface area contributed by atoms with Crippen LogP contribution in [0.2, 0.25) is 0 Å². The van der Waals surface area contributed by atoms with E-state index in [1.807, 2.05) is 23.5 Å². The molecule has 2 unspecified atom stereocenters. The quantitative estimate of drug-likeness (QED) is 0.667. The molecule has 0 N–H and O–H groups in total. The molecule has 3 rings (SSSR count). The fourth-order valence-corrected chi connectivity index (χ4v) is 7.18. The maximum atomic E-state index is 2.34. The average molecular weight is 287 g/mol. The zero-order chi connectivity index (χ0) is 11.1. The predicted molar refractivity (Wildman–Crippen MR) is 78.5 cm³/mol. The molecule has 0 spiro atoms. The number of rotatable bonds is 0. The van der Waals surface area contributed by atoms with Crippen LogP contribution in [0, 0.1) is 0 Å². The Kier molecular flexibility index (Phi) is 3.44. The van der Waals surface area contributed by atoms with Gasteiger partial charge < -0.3 is 0 Å². The third-order valence-corrected chi connectivity index (χ3v) is 8.52. The van der Waals surface area contributed by atoms with Gasteiger partial charge in [-0.1, -0.05) is 13.8 Å². The lowest BCUT2D eigenvalue weighted by Gasteiger charge is -2.28. The standard InChI is InChI=1S/C12H14S4/c1-7-6-14-11-10(15-7)4-3-9-12(11)16-8(2)5-13-9/h3-4,7-8H,5-6H2,1-2H3. The Bertz CT molecular complexity index is 416. The van der Waals surface area contributed by atoms with Crippen molar-refractivity contribution in [1.29, 1.82) is 0 Å². The highest BCUT2D eigenvalue weighted by atomic mass is 32.2. The van der Waals surface area contributed by atoms with Crippen molar-refractivity contribution in [3.05, 3.63) is 12.1 Å². The highest BCUT2D eigenvalue weighted by molar-refractivity contribution is 8.08. The van der Waals surface area contributed by atoms with Crippen LogP contribution < -0.4 is 0 Å². The number of thioether (sulfide) groups is 4. The maximum Gasteiger partial charge on any atom is 0.0358 e. The second kappa shape index (κ2) is 4.71. The Labute approximate surface area is 114 Å². The first-order valence-corrected chi connectivity index (χ1v) is 9.23. The lowest BCUT2D eigenvalue weighted by Crippen LogP contribution is -2.10. The summed E-state index contributed by atoms with van der Waals surface area (Å²) in [6.45, 7) is 4.66. The number of hydrogen-bond donors (Lipinski definition) is 0. The molecule has 86 valence electrons. The molecule has 2 heterocycles. The van der Waals surface area contributed by atoms with E-state index in [-0.39, 0.29) is 0 Å². The minimum atomic E-state index is 0.758. The molecule has 0 bridgehead atoms. The van der Waals surface area contributed by atoms with E-state index in [1.54, 1.807) is 9.79 Å². The van der Waals surface area contributed by atoms with Gasteiger partial charge in [0.1, 0.15) is 0 Å². The van der Waals surface area contributed by atoms with Crippen LogP contribution in [-0.4, -0.2) is 22.0 Å². The predicted octanol–water partition coefficient (Wildman–Crippen LogP) is 4.86. The summed E-state index contributed by atoms with van der Waals surface area (Å²) in [7, 11) is 0. The van der Waals surface area contributed by atoms with Gasteiger partial charge in [-0.3, -0.25) is 0 Å². The second-order valence-electron chi connectivity index (χ2n) is 4.20. The van der Waals surface area contributed by atoms with E-state index in [4.69, 9.17) is 0 Å². The van der Waals surface area contributed by atoms with Gasteiger partial charge in [-0.15, -0.1) is 47.0 Å². The Morgan fingerprint density at radius 3 is 2.44 bits per heavy atom. The van der Waals surface area contributed by atoms with Gasteiger partial charge in [0.25, 0.3) is 0 Å². The lowest BCUT2D eigenvalue weighted by molar-refractivity contribution is 0.971. The van der Waals surface area contributed by atoms with Crippen molar-refractivity contribution in [2.45, 2.75) is 43.9 Å². The second-order valence-corrected chi connectivity index (χ2v) is 9.22. The van der Waals surface area contributed by atoms with E-state index in [9.17, 15) is 0 Å². The highest BCUT2D eigenvalue weighted by Gasteiger charge is 2.25. The van der Waals surface area contributed by atoms with Crippen LogP contribution >= 0.6 is 47.0 Å². The van der Waals surface area contributed by atoms with E-state index < -0.39 is 0 Å². The number of benzene rings is 1. The first kappa shape index (κ1) is 11.7. The monoisotopic (exact) mass is 286 g/mol. The Morgan fingerprint density at radius 1 is 0.875 bits per heavy atom. The van der Waals surface area contributed by atoms with E-state index in [0.29, 0.717) is 0 Å². The Morgan fingerprint density at radius 2 is 1.56 bits per heavy atom. The van der Waals surface area contributed by atoms with Gasteiger partial charge in [0.2, 0.25) is 0 Å². The molecule has 2 aliphatic heterocycles. The molecule has 0 saturated carbocycles. The molecule has 1 aromatic carbocycles. The molecule has 0 aromatic heterocycles. The first-order valence-electron chi connectivity index (χ1n) is 5.50. The third-order valence-electron chi connectivity index (χ3n) is 2.62. The molecule has 2 aliphatic rings. The fraction of sp³-hybridized carbons (Fsp3) is 0.500. The zero-order valence-electron chi connectivity index (χ0n) is 9.36. The third kappa shape index (κ3) is 2.14. The van der Waals surface area contributed by atoms with Crippen LogP contribution in [0.1, 0.15) is 13.8 Å². The fourth-order valence-electron chi connectivity index (χ4n) is 1.88. The average Bonchev–Trinajstić information content (AvgIpc) is 2.28. The van der Waals surface area contributed by atoms with Gasteiger partial charge in [0.05, 0.1) is 0 Å². The molecule has 0 nitrogen and oxygen atoms in total. The van der Waals surface area contributed by atoms with E-state index >= 15 is 0 Å². The molecular formula is C12H14S4. The van der Waals surface area contributed by atoms with Crippen LogP contribution in [0.15, 0.2) is 31.7 Å². The summed E-state index contributed by atoms with van der Waals surface area (Å²) < 4.78 is 0. The SMILES string of the molecule is CC1CSc2c(ccc3c2SC(C)CS3)S1. The van der Waals surface area contributed by atoms with Gasteiger partial charge >= 0.3 is 0 Å². The molecule has 16 heavy (non-hydrogen) atoms. The number of hydrogen-bond acceptors (Lipinski definition) is 4. The normalized spacial score (nSPS) is 28.4. The van der Waals surface area contributed by atoms with Crippen LogP contribution in [0.3, 0.4) is 0 Å². The van der Waals surface area contributed by atoms with Gasteiger partial charge in [0.15, 0.2) is 0 Å². The first-order chi connectivity index (χ1) is 7.74. The summed E-state index contributed by atoms with van der Waals surface area (Å²) in [5.41, 5.74) is 0. The number of fused-ring (bicyclic) bond motifs is 3. The summed E-state index contributed by atoms with van der Waals surface area (Å²) in [5.74, 6) is 2.51. The topological polar surface area (TPSA) is 0 Å². The highest BCUT2D eigenvalue weighted by Crippen LogP contribution is 2.51. The smallest absolute Gasteiger partial charge is 0.0358 e. The lowest BCUT2D eigenvalue weighted by atomic mass is 10.3. The van der Waals surface area contributed by atoms with E-state index in [1.165, 1.54) is 21.3 Å². The van der Waals surface area contributed by atoms with Gasteiger partial charge in [-0.05, 0) is 12.1 Å². The van der Waals surface area contributed by atoms with Crippen LogP contribution in [-0.2, 0) is 0 Å². The van der Waals surface area contributed by atoms with Crippen LogP contribution in [0.4, 0.5) is 0 Å². The zero-order valence-corrected chi connectivity index (χ0v) is 12.6. The van der Waals surface area contributed by atoms with Crippen LogP contribution in [0.25, 0.3) is 0 Å². The summed E-state index contributed by atoms with van der Waals surface area (Å²) in [5, 5.41) is 1.52. The molecule has 4 heteroatoms. The molecule has 2 atom stereocenters. The molecule has 0 saturated heterocycles. The van der Waals surface area contributed by atoms with E-state index in [2.05, 4.69) is 49.5 Å². The maximum absolute atomic E-state index is 2.34.